The molecule has 0 spiro atoms. The van der Waals surface area contributed by atoms with Crippen molar-refractivity contribution in [1.29, 1.82) is 0 Å². The van der Waals surface area contributed by atoms with Gasteiger partial charge in [0.05, 0.1) is 19.2 Å². The molecule has 27 heavy (non-hydrogen) atoms. The van der Waals surface area contributed by atoms with Crippen LogP contribution in [0.1, 0.15) is 15.9 Å². The molecule has 142 valence electrons. The molecule has 2 aromatic carbocycles. The van der Waals surface area contributed by atoms with E-state index in [4.69, 9.17) is 9.47 Å². The van der Waals surface area contributed by atoms with Gasteiger partial charge in [0.15, 0.2) is 11.5 Å². The predicted molar refractivity (Wildman–Crippen MR) is 100 cm³/mol. The second-order valence-electron chi connectivity index (χ2n) is 6.27. The molecule has 1 amide bonds. The molecule has 1 aliphatic heterocycles. The average Bonchev–Trinajstić information content (AvgIpc) is 2.67. The maximum Gasteiger partial charge on any atom is 0.337 e. The number of amides is 1. The molecule has 0 bridgehead atoms. The molecule has 0 saturated carbocycles. The summed E-state index contributed by atoms with van der Waals surface area (Å²) in [4.78, 5) is 25.6. The SMILES string of the molecule is COC(=O)c1ccc(NC(=O)CN(C)Cc2ccc3c(c2)OCCO3)cc1. The van der Waals surface area contributed by atoms with Gasteiger partial charge >= 0.3 is 5.97 Å². The van der Waals surface area contributed by atoms with E-state index in [0.29, 0.717) is 31.0 Å². The lowest BCUT2D eigenvalue weighted by molar-refractivity contribution is -0.117. The Morgan fingerprint density at radius 2 is 1.78 bits per heavy atom. The molecule has 0 radical (unpaired) electrons. The number of esters is 1. The molecule has 0 atom stereocenters. The van der Waals surface area contributed by atoms with Gasteiger partial charge in [0, 0.05) is 12.2 Å². The van der Waals surface area contributed by atoms with Crippen LogP contribution in [0.15, 0.2) is 42.5 Å². The number of anilines is 1. The molecule has 0 unspecified atom stereocenters. The fraction of sp³-hybridized carbons (Fsp3) is 0.300. The second-order valence-corrected chi connectivity index (χ2v) is 6.27. The zero-order chi connectivity index (χ0) is 19.2. The van der Waals surface area contributed by atoms with Gasteiger partial charge in [0.1, 0.15) is 13.2 Å². The lowest BCUT2D eigenvalue weighted by Gasteiger charge is -2.21. The Labute approximate surface area is 157 Å². The summed E-state index contributed by atoms with van der Waals surface area (Å²) in [5.41, 5.74) is 2.10. The first kappa shape index (κ1) is 18.7. The summed E-state index contributed by atoms with van der Waals surface area (Å²) in [6, 6.07) is 12.4. The Balaban J connectivity index is 1.52. The fourth-order valence-corrected chi connectivity index (χ4v) is 2.81. The Morgan fingerprint density at radius 1 is 1.07 bits per heavy atom. The van der Waals surface area contributed by atoms with Crippen LogP contribution in [0.3, 0.4) is 0 Å². The van der Waals surface area contributed by atoms with E-state index in [2.05, 4.69) is 10.1 Å². The van der Waals surface area contributed by atoms with E-state index < -0.39 is 5.97 Å². The van der Waals surface area contributed by atoms with Crippen molar-refractivity contribution in [2.45, 2.75) is 6.54 Å². The number of ether oxygens (including phenoxy) is 3. The molecule has 1 N–H and O–H groups in total. The zero-order valence-corrected chi connectivity index (χ0v) is 15.4. The number of hydrogen-bond acceptors (Lipinski definition) is 6. The number of carbonyl (C=O) groups excluding carboxylic acids is 2. The van der Waals surface area contributed by atoms with Gasteiger partial charge in [-0.15, -0.1) is 0 Å². The topological polar surface area (TPSA) is 77.1 Å². The van der Waals surface area contributed by atoms with Crippen molar-refractivity contribution in [3.05, 3.63) is 53.6 Å². The largest absolute Gasteiger partial charge is 0.486 e. The zero-order valence-electron chi connectivity index (χ0n) is 15.4. The minimum atomic E-state index is -0.410. The summed E-state index contributed by atoms with van der Waals surface area (Å²) in [7, 11) is 3.20. The third kappa shape index (κ3) is 4.98. The van der Waals surface area contributed by atoms with Crippen molar-refractivity contribution in [2.75, 3.05) is 39.2 Å². The molecule has 1 heterocycles. The van der Waals surface area contributed by atoms with Crippen LogP contribution in [0.25, 0.3) is 0 Å². The number of nitrogens with zero attached hydrogens (tertiary/aromatic N) is 1. The van der Waals surface area contributed by atoms with Crippen molar-refractivity contribution >= 4 is 17.6 Å². The molecule has 2 aromatic rings. The highest BCUT2D eigenvalue weighted by Gasteiger charge is 2.14. The van der Waals surface area contributed by atoms with Crippen molar-refractivity contribution in [3.8, 4) is 11.5 Å². The van der Waals surface area contributed by atoms with E-state index in [9.17, 15) is 9.59 Å². The monoisotopic (exact) mass is 370 g/mol. The average molecular weight is 370 g/mol. The number of rotatable bonds is 6. The van der Waals surface area contributed by atoms with E-state index in [1.165, 1.54) is 7.11 Å². The summed E-state index contributed by atoms with van der Waals surface area (Å²) in [6.45, 7) is 1.94. The van der Waals surface area contributed by atoms with E-state index >= 15 is 0 Å². The summed E-state index contributed by atoms with van der Waals surface area (Å²) in [5.74, 6) is 0.941. The predicted octanol–water partition coefficient (Wildman–Crippen LogP) is 2.31. The molecule has 7 heteroatoms. The molecule has 3 rings (SSSR count). The first-order valence-electron chi connectivity index (χ1n) is 8.60. The molecule has 0 fully saturated rings. The lowest BCUT2D eigenvalue weighted by Crippen LogP contribution is -2.29. The highest BCUT2D eigenvalue weighted by Crippen LogP contribution is 2.31. The van der Waals surface area contributed by atoms with Crippen molar-refractivity contribution in [2.24, 2.45) is 0 Å². The summed E-state index contributed by atoms with van der Waals surface area (Å²) in [6.07, 6.45) is 0. The van der Waals surface area contributed by atoms with Crippen LogP contribution in [0.4, 0.5) is 5.69 Å². The first-order chi connectivity index (χ1) is 13.0. The molecule has 1 aliphatic rings. The maximum absolute atomic E-state index is 12.2. The quantitative estimate of drug-likeness (QED) is 0.787. The normalized spacial score (nSPS) is 12.6. The van der Waals surface area contributed by atoms with Crippen molar-refractivity contribution in [1.82, 2.24) is 4.90 Å². The molecule has 0 aromatic heterocycles. The van der Waals surface area contributed by atoms with E-state index in [0.717, 1.165) is 17.1 Å². The van der Waals surface area contributed by atoms with Crippen LogP contribution in [0, 0.1) is 0 Å². The van der Waals surface area contributed by atoms with E-state index in [1.807, 2.05) is 30.1 Å². The van der Waals surface area contributed by atoms with Crippen LogP contribution >= 0.6 is 0 Å². The third-order valence-electron chi connectivity index (χ3n) is 4.06. The van der Waals surface area contributed by atoms with Gasteiger partial charge in [0.2, 0.25) is 5.91 Å². The summed E-state index contributed by atoms with van der Waals surface area (Å²) in [5, 5.41) is 2.82. The van der Waals surface area contributed by atoms with Gasteiger partial charge in [-0.1, -0.05) is 6.07 Å². The van der Waals surface area contributed by atoms with Crippen molar-refractivity contribution < 1.29 is 23.8 Å². The fourth-order valence-electron chi connectivity index (χ4n) is 2.81. The van der Waals surface area contributed by atoms with Gasteiger partial charge in [0.25, 0.3) is 0 Å². The second kappa shape index (κ2) is 8.55. The molecule has 0 saturated heterocycles. The number of nitrogens with one attached hydrogen (secondary N) is 1. The van der Waals surface area contributed by atoms with Crippen LogP contribution in [0.2, 0.25) is 0 Å². The van der Waals surface area contributed by atoms with Crippen LogP contribution in [-0.4, -0.2) is 50.7 Å². The minimum absolute atomic E-state index is 0.138. The Kier molecular flexibility index (Phi) is 5.93. The number of methoxy groups -OCH3 is 1. The van der Waals surface area contributed by atoms with Gasteiger partial charge in [-0.05, 0) is 49.0 Å². The number of carbonyl (C=O) groups is 2. The number of likely N-dealkylation sites (N-methyl/N-ethyl adjacent to an activating group) is 1. The van der Waals surface area contributed by atoms with Crippen LogP contribution < -0.4 is 14.8 Å². The van der Waals surface area contributed by atoms with Gasteiger partial charge in [-0.25, -0.2) is 4.79 Å². The number of benzene rings is 2. The van der Waals surface area contributed by atoms with E-state index in [1.54, 1.807) is 24.3 Å². The van der Waals surface area contributed by atoms with Crippen LogP contribution in [0.5, 0.6) is 11.5 Å². The molecular formula is C20H22N2O5. The number of hydrogen-bond donors (Lipinski definition) is 1. The highest BCUT2D eigenvalue weighted by molar-refractivity contribution is 5.93. The Hall–Kier alpha value is -3.06. The molecule has 7 nitrogen and oxygen atoms in total. The van der Waals surface area contributed by atoms with E-state index in [-0.39, 0.29) is 12.5 Å². The van der Waals surface area contributed by atoms with Crippen LogP contribution in [-0.2, 0) is 16.1 Å². The number of fused-ring (bicyclic) bond motifs is 1. The highest BCUT2D eigenvalue weighted by atomic mass is 16.6. The standard InChI is InChI=1S/C20H22N2O5/c1-22(12-14-3-8-17-18(11-14)27-10-9-26-17)13-19(23)21-16-6-4-15(5-7-16)20(24)25-2/h3-8,11H,9-10,12-13H2,1-2H3,(H,21,23). The smallest absolute Gasteiger partial charge is 0.337 e. The third-order valence-corrected chi connectivity index (χ3v) is 4.06. The van der Waals surface area contributed by atoms with Gasteiger partial charge in [-0.3, -0.25) is 9.69 Å². The van der Waals surface area contributed by atoms with Crippen molar-refractivity contribution in [3.63, 3.8) is 0 Å². The maximum atomic E-state index is 12.2. The lowest BCUT2D eigenvalue weighted by atomic mass is 10.2. The Bertz CT molecular complexity index is 820. The molecule has 0 aliphatic carbocycles. The van der Waals surface area contributed by atoms with Gasteiger partial charge < -0.3 is 19.5 Å². The van der Waals surface area contributed by atoms with Gasteiger partial charge in [-0.2, -0.15) is 0 Å². The minimum Gasteiger partial charge on any atom is -0.486 e. The summed E-state index contributed by atoms with van der Waals surface area (Å²) >= 11 is 0. The Morgan fingerprint density at radius 3 is 2.48 bits per heavy atom. The summed E-state index contributed by atoms with van der Waals surface area (Å²) < 4.78 is 15.7. The first-order valence-corrected chi connectivity index (χ1v) is 8.60. The molecular weight excluding hydrogens is 348 g/mol.